The molecule has 0 aliphatic heterocycles. The Morgan fingerprint density at radius 2 is 2.08 bits per heavy atom. The average molecular weight is 400 g/mol. The van der Waals surface area contributed by atoms with E-state index in [2.05, 4.69) is 16.4 Å². The number of rotatable bonds is 4. The van der Waals surface area contributed by atoms with Crippen molar-refractivity contribution < 1.29 is 4.79 Å². The van der Waals surface area contributed by atoms with Gasteiger partial charge in [-0.25, -0.2) is 4.98 Å². The van der Waals surface area contributed by atoms with Crippen LogP contribution in [0.25, 0.3) is 10.2 Å². The molecular weight excluding hydrogens is 382 g/mol. The monoisotopic (exact) mass is 399 g/mol. The minimum atomic E-state index is -0.0813. The Labute approximate surface area is 164 Å². The van der Waals surface area contributed by atoms with E-state index < -0.39 is 0 Å². The van der Waals surface area contributed by atoms with Gasteiger partial charge in [0, 0.05) is 4.88 Å². The van der Waals surface area contributed by atoms with E-state index in [4.69, 9.17) is 0 Å². The largest absolute Gasteiger partial charge is 0.316 e. The van der Waals surface area contributed by atoms with Crippen LogP contribution in [-0.4, -0.2) is 16.6 Å². The lowest BCUT2D eigenvalue weighted by Gasteiger charge is -2.03. The van der Waals surface area contributed by atoms with Crippen LogP contribution in [0.5, 0.6) is 0 Å². The van der Waals surface area contributed by atoms with Crippen molar-refractivity contribution in [3.63, 3.8) is 0 Å². The van der Waals surface area contributed by atoms with Crippen LogP contribution in [-0.2, 0) is 17.6 Å². The fourth-order valence-corrected chi connectivity index (χ4v) is 6.28. The molecule has 26 heavy (non-hydrogen) atoms. The lowest BCUT2D eigenvalue weighted by Crippen LogP contribution is -2.13. The molecule has 1 aromatic carbocycles. The Morgan fingerprint density at radius 1 is 1.23 bits per heavy atom. The molecule has 0 saturated carbocycles. The van der Waals surface area contributed by atoms with Crippen molar-refractivity contribution >= 4 is 55.6 Å². The molecule has 7 heteroatoms. The molecule has 0 unspecified atom stereocenters. The first kappa shape index (κ1) is 17.5. The zero-order valence-corrected chi connectivity index (χ0v) is 16.5. The number of carbonyl (C=O) groups is 1. The van der Waals surface area contributed by atoms with Crippen LogP contribution in [0, 0.1) is 11.3 Å². The number of carbonyl (C=O) groups excluding carboxylic acids is 1. The first-order valence-corrected chi connectivity index (χ1v) is 11.2. The summed E-state index contributed by atoms with van der Waals surface area (Å²) in [5.74, 6) is 0.218. The highest BCUT2D eigenvalue weighted by Gasteiger charge is 2.21. The fourth-order valence-electron chi connectivity index (χ4n) is 3.15. The number of para-hydroxylation sites is 1. The second kappa shape index (κ2) is 7.78. The molecule has 1 N–H and O–H groups in total. The van der Waals surface area contributed by atoms with Crippen LogP contribution < -0.4 is 5.32 Å². The van der Waals surface area contributed by atoms with E-state index in [1.807, 2.05) is 24.3 Å². The van der Waals surface area contributed by atoms with Crippen molar-refractivity contribution in [2.75, 3.05) is 11.1 Å². The van der Waals surface area contributed by atoms with Crippen molar-refractivity contribution in [2.45, 2.75) is 36.4 Å². The predicted molar refractivity (Wildman–Crippen MR) is 109 cm³/mol. The molecule has 4 rings (SSSR count). The first-order chi connectivity index (χ1) is 12.7. The molecule has 4 nitrogen and oxygen atoms in total. The minimum absolute atomic E-state index is 0.0813. The quantitative estimate of drug-likeness (QED) is 0.482. The van der Waals surface area contributed by atoms with Gasteiger partial charge in [0.2, 0.25) is 5.91 Å². The second-order valence-electron chi connectivity index (χ2n) is 6.16. The Bertz CT molecular complexity index is 966. The SMILES string of the molecule is N#Cc1c(NC(=O)CSc2nc3ccccc3s2)sc2c1CCCCC2. The number of thioether (sulfide) groups is 1. The van der Waals surface area contributed by atoms with E-state index >= 15 is 0 Å². The molecular formula is C19H17N3OS3. The molecule has 0 radical (unpaired) electrons. The standard InChI is InChI=1S/C19H17N3OS3/c20-10-13-12-6-2-1-3-8-15(12)25-18(13)22-17(23)11-24-19-21-14-7-4-5-9-16(14)26-19/h4-5,7,9H,1-3,6,8,11H2,(H,22,23). The summed E-state index contributed by atoms with van der Waals surface area (Å²) in [5.41, 5.74) is 2.79. The second-order valence-corrected chi connectivity index (χ2v) is 9.52. The molecule has 1 amide bonds. The van der Waals surface area contributed by atoms with Gasteiger partial charge in [0.25, 0.3) is 0 Å². The minimum Gasteiger partial charge on any atom is -0.316 e. The molecule has 1 aliphatic carbocycles. The molecule has 0 fully saturated rings. The Balaban J connectivity index is 1.44. The highest BCUT2D eigenvalue weighted by atomic mass is 32.2. The number of thiophene rings is 1. The third-order valence-corrected chi connectivity index (χ3v) is 7.77. The normalized spacial score (nSPS) is 13.8. The Morgan fingerprint density at radius 3 is 2.92 bits per heavy atom. The van der Waals surface area contributed by atoms with Gasteiger partial charge in [-0.2, -0.15) is 5.26 Å². The summed E-state index contributed by atoms with van der Waals surface area (Å²) in [6, 6.07) is 10.3. The van der Waals surface area contributed by atoms with E-state index in [0.29, 0.717) is 16.3 Å². The van der Waals surface area contributed by atoms with Gasteiger partial charge in [-0.15, -0.1) is 22.7 Å². The smallest absolute Gasteiger partial charge is 0.235 e. The van der Waals surface area contributed by atoms with E-state index in [9.17, 15) is 10.1 Å². The molecule has 0 spiro atoms. The van der Waals surface area contributed by atoms with Crippen LogP contribution in [0.2, 0.25) is 0 Å². The van der Waals surface area contributed by atoms with Crippen molar-refractivity contribution in [2.24, 2.45) is 0 Å². The Hall–Kier alpha value is -1.88. The van der Waals surface area contributed by atoms with Crippen molar-refractivity contribution in [1.82, 2.24) is 4.98 Å². The summed E-state index contributed by atoms with van der Waals surface area (Å²) in [6.07, 6.45) is 5.47. The van der Waals surface area contributed by atoms with E-state index in [1.54, 1.807) is 22.7 Å². The maximum atomic E-state index is 12.4. The number of benzene rings is 1. The highest BCUT2D eigenvalue weighted by molar-refractivity contribution is 8.01. The summed E-state index contributed by atoms with van der Waals surface area (Å²) in [5, 5.41) is 13.2. The number of nitrogens with zero attached hydrogens (tertiary/aromatic N) is 2. The number of thiazole rings is 1. The van der Waals surface area contributed by atoms with Gasteiger partial charge in [0.1, 0.15) is 11.1 Å². The van der Waals surface area contributed by atoms with E-state index in [1.165, 1.54) is 29.5 Å². The number of aromatic nitrogens is 1. The molecule has 0 saturated heterocycles. The number of hydrogen-bond donors (Lipinski definition) is 1. The number of anilines is 1. The van der Waals surface area contributed by atoms with Gasteiger partial charge in [0.15, 0.2) is 4.34 Å². The molecule has 0 atom stereocenters. The van der Waals surface area contributed by atoms with Gasteiger partial charge in [-0.3, -0.25) is 4.79 Å². The fraction of sp³-hybridized carbons (Fsp3) is 0.316. The van der Waals surface area contributed by atoms with Gasteiger partial charge in [-0.1, -0.05) is 30.3 Å². The third kappa shape index (κ3) is 3.63. The van der Waals surface area contributed by atoms with Gasteiger partial charge >= 0.3 is 0 Å². The van der Waals surface area contributed by atoms with Crippen molar-refractivity contribution in [1.29, 1.82) is 5.26 Å². The topological polar surface area (TPSA) is 65.8 Å². The summed E-state index contributed by atoms with van der Waals surface area (Å²) >= 11 is 4.62. The molecule has 132 valence electrons. The van der Waals surface area contributed by atoms with Crippen LogP contribution in [0.3, 0.4) is 0 Å². The lowest BCUT2D eigenvalue weighted by molar-refractivity contribution is -0.113. The number of nitriles is 1. The third-order valence-electron chi connectivity index (χ3n) is 4.39. The van der Waals surface area contributed by atoms with Crippen LogP contribution in [0.15, 0.2) is 28.6 Å². The maximum absolute atomic E-state index is 12.4. The average Bonchev–Trinajstić information content (AvgIpc) is 3.12. The van der Waals surface area contributed by atoms with Crippen molar-refractivity contribution in [3.05, 3.63) is 40.3 Å². The zero-order valence-electron chi connectivity index (χ0n) is 14.1. The zero-order chi connectivity index (χ0) is 17.9. The van der Waals surface area contributed by atoms with Gasteiger partial charge < -0.3 is 5.32 Å². The first-order valence-electron chi connectivity index (χ1n) is 8.57. The summed E-state index contributed by atoms with van der Waals surface area (Å²) in [6.45, 7) is 0. The molecule has 3 aromatic rings. The molecule has 2 aromatic heterocycles. The molecule has 1 aliphatic rings. The van der Waals surface area contributed by atoms with Crippen LogP contribution >= 0.6 is 34.4 Å². The van der Waals surface area contributed by atoms with Crippen molar-refractivity contribution in [3.8, 4) is 6.07 Å². The van der Waals surface area contributed by atoms with Crippen LogP contribution in [0.4, 0.5) is 5.00 Å². The van der Waals surface area contributed by atoms with Gasteiger partial charge in [-0.05, 0) is 43.4 Å². The number of fused-ring (bicyclic) bond motifs is 2. The van der Waals surface area contributed by atoms with Gasteiger partial charge in [0.05, 0.1) is 21.5 Å². The maximum Gasteiger partial charge on any atom is 0.235 e. The molecule has 2 heterocycles. The number of aryl methyl sites for hydroxylation is 1. The number of hydrogen-bond acceptors (Lipinski definition) is 6. The van der Waals surface area contributed by atoms with E-state index in [-0.39, 0.29) is 5.91 Å². The summed E-state index contributed by atoms with van der Waals surface area (Å²) < 4.78 is 2.02. The summed E-state index contributed by atoms with van der Waals surface area (Å²) in [7, 11) is 0. The summed E-state index contributed by atoms with van der Waals surface area (Å²) in [4.78, 5) is 18.2. The Kier molecular flexibility index (Phi) is 5.25. The highest BCUT2D eigenvalue weighted by Crippen LogP contribution is 2.37. The van der Waals surface area contributed by atoms with Crippen LogP contribution in [0.1, 0.15) is 35.3 Å². The predicted octanol–water partition coefficient (Wildman–Crippen LogP) is 5.23. The molecule has 0 bridgehead atoms. The van der Waals surface area contributed by atoms with E-state index in [0.717, 1.165) is 39.4 Å². The number of amides is 1. The lowest BCUT2D eigenvalue weighted by atomic mass is 10.1. The number of nitrogens with one attached hydrogen (secondary N) is 1.